The highest BCUT2D eigenvalue weighted by Crippen LogP contribution is 2.39. The first-order valence-corrected chi connectivity index (χ1v) is 6.84. The molecule has 0 bridgehead atoms. The minimum absolute atomic E-state index is 0.545. The molecule has 0 spiro atoms. The Bertz CT molecular complexity index is 603. The van der Waals surface area contributed by atoms with Crippen LogP contribution in [0.25, 0.3) is 10.9 Å². The first-order valence-electron chi connectivity index (χ1n) is 5.30. The van der Waals surface area contributed by atoms with Gasteiger partial charge in [0.1, 0.15) is 0 Å². The van der Waals surface area contributed by atoms with Crippen LogP contribution in [0.1, 0.15) is 17.4 Å². The van der Waals surface area contributed by atoms with E-state index in [2.05, 4.69) is 4.98 Å². The van der Waals surface area contributed by atoms with Gasteiger partial charge in [0.25, 0.3) is 0 Å². The Hall–Kier alpha value is -0.970. The molecule has 2 heterocycles. The summed E-state index contributed by atoms with van der Waals surface area (Å²) < 4.78 is 0. The number of aliphatic hydroxyl groups excluding tert-OH is 1. The van der Waals surface area contributed by atoms with Crippen LogP contribution in [0.3, 0.4) is 0 Å². The van der Waals surface area contributed by atoms with E-state index in [1.54, 1.807) is 17.8 Å². The second-order valence-electron chi connectivity index (χ2n) is 4.05. The Kier molecular flexibility index (Phi) is 2.65. The number of nitrogen functional groups attached to an aromatic ring is 1. The van der Waals surface area contributed by atoms with Crippen LogP contribution in [0.4, 0.5) is 5.69 Å². The minimum atomic E-state index is -0.545. The fourth-order valence-electron chi connectivity index (χ4n) is 2.20. The van der Waals surface area contributed by atoms with Gasteiger partial charge in [-0.05, 0) is 12.1 Å². The third kappa shape index (κ3) is 1.68. The number of nitrogens with two attached hydrogens (primary N) is 1. The molecular weight excluding hydrogens is 256 g/mol. The molecule has 0 fully saturated rings. The van der Waals surface area contributed by atoms with Crippen LogP contribution in [-0.4, -0.2) is 15.8 Å². The Morgan fingerprint density at radius 2 is 2.29 bits per heavy atom. The van der Waals surface area contributed by atoms with E-state index in [0.717, 1.165) is 27.9 Å². The quantitative estimate of drug-likeness (QED) is 0.770. The molecule has 17 heavy (non-hydrogen) atoms. The molecule has 2 aromatic rings. The van der Waals surface area contributed by atoms with Gasteiger partial charge in [-0.1, -0.05) is 17.7 Å². The molecule has 0 saturated heterocycles. The lowest BCUT2D eigenvalue weighted by atomic mass is 10.0. The predicted molar refractivity (Wildman–Crippen MR) is 72.3 cm³/mol. The number of rotatable bonds is 0. The third-order valence-electron chi connectivity index (χ3n) is 2.97. The van der Waals surface area contributed by atoms with E-state index in [4.69, 9.17) is 17.3 Å². The number of anilines is 1. The Balaban J connectivity index is 2.40. The van der Waals surface area contributed by atoms with E-state index in [1.807, 2.05) is 12.1 Å². The highest BCUT2D eigenvalue weighted by Gasteiger charge is 2.24. The van der Waals surface area contributed by atoms with Crippen molar-refractivity contribution in [2.45, 2.75) is 11.9 Å². The van der Waals surface area contributed by atoms with E-state index in [-0.39, 0.29) is 0 Å². The minimum Gasteiger partial charge on any atom is -0.398 e. The maximum Gasteiger partial charge on any atom is 0.0918 e. The van der Waals surface area contributed by atoms with Crippen LogP contribution in [0.2, 0.25) is 5.02 Å². The van der Waals surface area contributed by atoms with Gasteiger partial charge in [0.15, 0.2) is 0 Å². The first-order chi connectivity index (χ1) is 8.18. The number of benzene rings is 1. The molecule has 1 unspecified atom stereocenters. The lowest BCUT2D eigenvalue weighted by Gasteiger charge is -2.23. The molecule has 1 atom stereocenters. The number of aromatic nitrogens is 1. The summed E-state index contributed by atoms with van der Waals surface area (Å²) in [5, 5.41) is 11.3. The number of aliphatic hydroxyl groups is 1. The topological polar surface area (TPSA) is 59.1 Å². The van der Waals surface area contributed by atoms with Gasteiger partial charge in [-0.3, -0.25) is 4.98 Å². The normalized spacial score (nSPS) is 19.3. The zero-order chi connectivity index (χ0) is 12.0. The molecule has 0 radical (unpaired) electrons. The van der Waals surface area contributed by atoms with Crippen LogP contribution in [-0.2, 0) is 5.75 Å². The van der Waals surface area contributed by atoms with E-state index >= 15 is 0 Å². The van der Waals surface area contributed by atoms with Gasteiger partial charge in [0.2, 0.25) is 0 Å². The lowest BCUT2D eigenvalue weighted by Crippen LogP contribution is -2.15. The van der Waals surface area contributed by atoms with Crippen molar-refractivity contribution < 1.29 is 5.11 Å². The van der Waals surface area contributed by atoms with E-state index in [1.165, 1.54) is 0 Å². The van der Waals surface area contributed by atoms with Crippen molar-refractivity contribution in [1.82, 2.24) is 4.98 Å². The standard InChI is InChI=1S/C12H11ClN2OS/c13-6-2-1-3-7-10(6)12(14)11-8(15-7)4-17-5-9(11)16/h1-3,9,16H,4-5H2,(H2,14,15). The third-order valence-corrected chi connectivity index (χ3v) is 4.31. The maximum atomic E-state index is 10.0. The Morgan fingerprint density at radius 3 is 3.12 bits per heavy atom. The molecule has 88 valence electrons. The first kappa shape index (κ1) is 11.1. The number of hydrogen-bond donors (Lipinski definition) is 2. The number of nitrogens with zero attached hydrogens (tertiary/aromatic N) is 1. The van der Waals surface area contributed by atoms with Crippen molar-refractivity contribution >= 4 is 40.0 Å². The average molecular weight is 267 g/mol. The second kappa shape index (κ2) is 4.05. The van der Waals surface area contributed by atoms with E-state index in [9.17, 15) is 5.11 Å². The molecule has 3 rings (SSSR count). The molecule has 3 nitrogen and oxygen atoms in total. The van der Waals surface area contributed by atoms with Crippen molar-refractivity contribution in [2.75, 3.05) is 11.5 Å². The molecule has 3 N–H and O–H groups in total. The fourth-order valence-corrected chi connectivity index (χ4v) is 3.39. The number of fused-ring (bicyclic) bond motifs is 2. The van der Waals surface area contributed by atoms with Crippen LogP contribution in [0.15, 0.2) is 18.2 Å². The summed E-state index contributed by atoms with van der Waals surface area (Å²) >= 11 is 7.81. The number of halogens is 1. The summed E-state index contributed by atoms with van der Waals surface area (Å²) in [6.07, 6.45) is -0.545. The molecule has 5 heteroatoms. The summed E-state index contributed by atoms with van der Waals surface area (Å²) in [6.45, 7) is 0. The largest absolute Gasteiger partial charge is 0.398 e. The molecule has 0 aliphatic carbocycles. The van der Waals surface area contributed by atoms with E-state index in [0.29, 0.717) is 16.5 Å². The molecule has 0 saturated carbocycles. The van der Waals surface area contributed by atoms with Crippen molar-refractivity contribution in [3.05, 3.63) is 34.5 Å². The Labute approximate surface area is 108 Å². The molecule has 1 aliphatic heterocycles. The van der Waals surface area contributed by atoms with Gasteiger partial charge in [-0.25, -0.2) is 0 Å². The van der Waals surface area contributed by atoms with Gasteiger partial charge < -0.3 is 10.8 Å². The van der Waals surface area contributed by atoms with Crippen LogP contribution in [0.5, 0.6) is 0 Å². The molecule has 0 amide bonds. The van der Waals surface area contributed by atoms with Gasteiger partial charge >= 0.3 is 0 Å². The molecule has 1 aliphatic rings. The smallest absolute Gasteiger partial charge is 0.0918 e. The van der Waals surface area contributed by atoms with Crippen molar-refractivity contribution in [1.29, 1.82) is 0 Å². The highest BCUT2D eigenvalue weighted by molar-refractivity contribution is 7.98. The molecule has 1 aromatic heterocycles. The van der Waals surface area contributed by atoms with Crippen LogP contribution in [0, 0.1) is 0 Å². The number of hydrogen-bond acceptors (Lipinski definition) is 4. The summed E-state index contributed by atoms with van der Waals surface area (Å²) in [5.74, 6) is 1.45. The lowest BCUT2D eigenvalue weighted by molar-refractivity contribution is 0.202. The Morgan fingerprint density at radius 1 is 1.47 bits per heavy atom. The van der Waals surface area contributed by atoms with Gasteiger partial charge in [-0.2, -0.15) is 11.8 Å². The number of thioether (sulfide) groups is 1. The summed E-state index contributed by atoms with van der Waals surface area (Å²) in [4.78, 5) is 4.54. The SMILES string of the molecule is Nc1c2c(nc3cccc(Cl)c13)CSCC2O. The number of pyridine rings is 1. The summed E-state index contributed by atoms with van der Waals surface area (Å²) in [6, 6.07) is 5.54. The average Bonchev–Trinajstić information content (AvgIpc) is 2.28. The summed E-state index contributed by atoms with van der Waals surface area (Å²) in [7, 11) is 0. The van der Waals surface area contributed by atoms with Gasteiger partial charge in [0, 0.05) is 22.5 Å². The van der Waals surface area contributed by atoms with Gasteiger partial charge in [-0.15, -0.1) is 0 Å². The summed E-state index contributed by atoms with van der Waals surface area (Å²) in [5.41, 5.74) is 9.13. The van der Waals surface area contributed by atoms with Crippen molar-refractivity contribution in [2.24, 2.45) is 0 Å². The monoisotopic (exact) mass is 266 g/mol. The zero-order valence-electron chi connectivity index (χ0n) is 8.98. The van der Waals surface area contributed by atoms with Gasteiger partial charge in [0.05, 0.1) is 28.0 Å². The molecule has 1 aromatic carbocycles. The van der Waals surface area contributed by atoms with E-state index < -0.39 is 6.10 Å². The highest BCUT2D eigenvalue weighted by atomic mass is 35.5. The maximum absolute atomic E-state index is 10.0. The van der Waals surface area contributed by atoms with Crippen LogP contribution >= 0.6 is 23.4 Å². The second-order valence-corrected chi connectivity index (χ2v) is 5.49. The van der Waals surface area contributed by atoms with Crippen molar-refractivity contribution in [3.8, 4) is 0 Å². The predicted octanol–water partition coefficient (Wildman–Crippen LogP) is 2.75. The van der Waals surface area contributed by atoms with Crippen LogP contribution < -0.4 is 5.73 Å². The zero-order valence-corrected chi connectivity index (χ0v) is 10.6. The van der Waals surface area contributed by atoms with Crippen molar-refractivity contribution in [3.63, 3.8) is 0 Å². The molecular formula is C12H11ClN2OS. The fraction of sp³-hybridized carbons (Fsp3) is 0.250.